The van der Waals surface area contributed by atoms with E-state index in [2.05, 4.69) is 41.0 Å². The van der Waals surface area contributed by atoms with E-state index in [1.165, 1.54) is 5.56 Å². The minimum atomic E-state index is -4.32. The maximum absolute atomic E-state index is 13.0. The van der Waals surface area contributed by atoms with Crippen molar-refractivity contribution in [1.29, 1.82) is 0 Å². The molecule has 0 bridgehead atoms. The first kappa shape index (κ1) is 27.0. The number of piperazine rings is 1. The fourth-order valence-corrected chi connectivity index (χ4v) is 5.33. The Morgan fingerprint density at radius 3 is 2.07 bits per heavy atom. The summed E-state index contributed by atoms with van der Waals surface area (Å²) in [6, 6.07) is 23.9. The summed E-state index contributed by atoms with van der Waals surface area (Å²) in [7, 11) is 0. The van der Waals surface area contributed by atoms with Crippen LogP contribution in [0.4, 0.5) is 19.0 Å². The Kier molecular flexibility index (Phi) is 7.21. The van der Waals surface area contributed by atoms with E-state index >= 15 is 0 Å². The van der Waals surface area contributed by atoms with E-state index in [1.807, 2.05) is 41.9 Å². The third-order valence-corrected chi connectivity index (χ3v) is 7.57. The lowest BCUT2D eigenvalue weighted by atomic mass is 10.1. The van der Waals surface area contributed by atoms with Crippen molar-refractivity contribution in [2.45, 2.75) is 33.0 Å². The number of aromatic nitrogens is 4. The van der Waals surface area contributed by atoms with Crippen LogP contribution in [0, 0.1) is 13.8 Å². The van der Waals surface area contributed by atoms with Crippen LogP contribution in [0.15, 0.2) is 78.9 Å². The van der Waals surface area contributed by atoms with Crippen LogP contribution in [-0.4, -0.2) is 50.8 Å². The molecule has 6 rings (SSSR count). The molecule has 1 saturated heterocycles. The number of halogens is 3. The summed E-state index contributed by atoms with van der Waals surface area (Å²) in [6.07, 6.45) is -3.71. The highest BCUT2D eigenvalue weighted by molar-refractivity contribution is 5.91. The van der Waals surface area contributed by atoms with Crippen molar-refractivity contribution in [3.8, 4) is 5.69 Å². The number of nitrogens with zero attached hydrogens (tertiary/aromatic N) is 6. The molecule has 1 aliphatic heterocycles. The van der Waals surface area contributed by atoms with Crippen LogP contribution in [0.3, 0.4) is 0 Å². The maximum atomic E-state index is 13.0. The van der Waals surface area contributed by atoms with E-state index < -0.39 is 11.7 Å². The molecule has 41 heavy (non-hydrogen) atoms. The predicted molar refractivity (Wildman–Crippen MR) is 154 cm³/mol. The lowest BCUT2D eigenvalue weighted by molar-refractivity contribution is -0.137. The molecule has 3 aromatic carbocycles. The van der Waals surface area contributed by atoms with Gasteiger partial charge in [0.2, 0.25) is 0 Å². The number of aryl methyl sites for hydroxylation is 2. The van der Waals surface area contributed by atoms with Crippen LogP contribution in [0.25, 0.3) is 16.7 Å². The normalized spacial score (nSPS) is 14.6. The number of hydrogen-bond donors (Lipinski definition) is 0. The van der Waals surface area contributed by atoms with Crippen molar-refractivity contribution in [3.05, 3.63) is 113 Å². The van der Waals surface area contributed by atoms with E-state index in [0.29, 0.717) is 13.0 Å². The van der Waals surface area contributed by atoms with E-state index in [-0.39, 0.29) is 0 Å². The van der Waals surface area contributed by atoms with Crippen LogP contribution < -0.4 is 4.90 Å². The molecule has 1 aliphatic rings. The Hall–Kier alpha value is -4.24. The van der Waals surface area contributed by atoms with Gasteiger partial charge in [-0.3, -0.25) is 4.90 Å². The molecule has 2 aromatic heterocycles. The van der Waals surface area contributed by atoms with Crippen LogP contribution in [0.1, 0.15) is 33.8 Å². The van der Waals surface area contributed by atoms with E-state index in [1.54, 1.807) is 12.1 Å². The summed E-state index contributed by atoms with van der Waals surface area (Å²) >= 11 is 0. The molecule has 210 valence electrons. The van der Waals surface area contributed by atoms with Gasteiger partial charge in [-0.15, -0.1) is 0 Å². The van der Waals surface area contributed by atoms with Crippen LogP contribution >= 0.6 is 0 Å². The second-order valence-corrected chi connectivity index (χ2v) is 10.6. The second kappa shape index (κ2) is 11.0. The SMILES string of the molecule is Cc1ccc(Cc2nc(N3CCN(Cc4ccc(C(F)(F)F)cc4)CC3)c3c(C)nn(-c4ccccc4)c3n2)cc1. The van der Waals surface area contributed by atoms with Crippen molar-refractivity contribution in [1.82, 2.24) is 24.6 Å². The molecule has 9 heteroatoms. The lowest BCUT2D eigenvalue weighted by Crippen LogP contribution is -2.46. The summed E-state index contributed by atoms with van der Waals surface area (Å²) < 4.78 is 40.8. The monoisotopic (exact) mass is 556 g/mol. The molecule has 0 amide bonds. The van der Waals surface area contributed by atoms with Crippen LogP contribution in [-0.2, 0) is 19.1 Å². The highest BCUT2D eigenvalue weighted by Gasteiger charge is 2.30. The smallest absolute Gasteiger partial charge is 0.353 e. The van der Waals surface area contributed by atoms with Gasteiger partial charge in [0.05, 0.1) is 22.3 Å². The predicted octanol–water partition coefficient (Wildman–Crippen LogP) is 6.36. The van der Waals surface area contributed by atoms with Gasteiger partial charge >= 0.3 is 6.18 Å². The number of alkyl halides is 3. The average molecular weight is 557 g/mol. The molecule has 0 atom stereocenters. The average Bonchev–Trinajstić information content (AvgIpc) is 3.31. The minimum absolute atomic E-state index is 0.606. The first-order valence-corrected chi connectivity index (χ1v) is 13.8. The third-order valence-electron chi connectivity index (χ3n) is 7.57. The quantitative estimate of drug-likeness (QED) is 0.244. The van der Waals surface area contributed by atoms with Gasteiger partial charge in [0.25, 0.3) is 0 Å². The second-order valence-electron chi connectivity index (χ2n) is 10.6. The van der Waals surface area contributed by atoms with Crippen molar-refractivity contribution < 1.29 is 13.2 Å². The highest BCUT2D eigenvalue weighted by atomic mass is 19.4. The topological polar surface area (TPSA) is 50.1 Å². The summed E-state index contributed by atoms with van der Waals surface area (Å²) in [4.78, 5) is 14.7. The highest BCUT2D eigenvalue weighted by Crippen LogP contribution is 2.31. The molecule has 0 spiro atoms. The molecular weight excluding hydrogens is 525 g/mol. The standard InChI is InChI=1S/C32H31F3N6/c1-22-8-10-24(11-9-22)20-28-36-30(29-23(2)38-41(31(29)37-28)27-6-4-3-5-7-27)40-18-16-39(17-19-40)21-25-12-14-26(15-13-25)32(33,34)35/h3-15H,16-21H2,1-2H3. The van der Waals surface area contributed by atoms with Gasteiger partial charge in [-0.25, -0.2) is 14.6 Å². The molecule has 6 nitrogen and oxygen atoms in total. The maximum Gasteiger partial charge on any atom is 0.416 e. The van der Waals surface area contributed by atoms with Gasteiger partial charge in [-0.1, -0.05) is 60.2 Å². The van der Waals surface area contributed by atoms with Crippen molar-refractivity contribution >= 4 is 16.9 Å². The molecule has 1 fully saturated rings. The molecule has 0 N–H and O–H groups in total. The molecule has 0 unspecified atom stereocenters. The van der Waals surface area contributed by atoms with Gasteiger partial charge in [0, 0.05) is 39.1 Å². The number of hydrogen-bond acceptors (Lipinski definition) is 5. The van der Waals surface area contributed by atoms with Crippen LogP contribution in [0.2, 0.25) is 0 Å². The zero-order valence-corrected chi connectivity index (χ0v) is 23.1. The molecule has 0 saturated carbocycles. The van der Waals surface area contributed by atoms with Gasteiger partial charge in [-0.05, 0) is 49.2 Å². The van der Waals surface area contributed by atoms with Gasteiger partial charge in [0.1, 0.15) is 11.6 Å². The fraction of sp³-hybridized carbons (Fsp3) is 0.281. The van der Waals surface area contributed by atoms with Crippen molar-refractivity contribution in [3.63, 3.8) is 0 Å². The van der Waals surface area contributed by atoms with Crippen molar-refractivity contribution in [2.24, 2.45) is 0 Å². The summed E-state index contributed by atoms with van der Waals surface area (Å²) in [5.74, 6) is 1.62. The van der Waals surface area contributed by atoms with E-state index in [4.69, 9.17) is 15.1 Å². The lowest BCUT2D eigenvalue weighted by Gasteiger charge is -2.35. The van der Waals surface area contributed by atoms with Crippen LogP contribution in [0.5, 0.6) is 0 Å². The first-order valence-electron chi connectivity index (χ1n) is 13.8. The number of anilines is 1. The van der Waals surface area contributed by atoms with Gasteiger partial charge in [-0.2, -0.15) is 18.3 Å². The molecular formula is C32H31F3N6. The molecule has 0 radical (unpaired) electrons. The summed E-state index contributed by atoms with van der Waals surface area (Å²) in [5.41, 5.74) is 5.20. The molecule has 0 aliphatic carbocycles. The Balaban J connectivity index is 1.28. The largest absolute Gasteiger partial charge is 0.416 e. The number of fused-ring (bicyclic) bond motifs is 1. The Morgan fingerprint density at radius 2 is 1.41 bits per heavy atom. The summed E-state index contributed by atoms with van der Waals surface area (Å²) in [6.45, 7) is 7.70. The molecule has 5 aromatic rings. The first-order chi connectivity index (χ1) is 19.7. The zero-order valence-electron chi connectivity index (χ0n) is 23.1. The third kappa shape index (κ3) is 5.81. The Bertz CT molecular complexity index is 1640. The van der Waals surface area contributed by atoms with Gasteiger partial charge < -0.3 is 4.90 Å². The Labute approximate surface area is 237 Å². The fourth-order valence-electron chi connectivity index (χ4n) is 5.33. The van der Waals surface area contributed by atoms with E-state index in [0.717, 1.165) is 83.5 Å². The van der Waals surface area contributed by atoms with Gasteiger partial charge in [0.15, 0.2) is 5.65 Å². The minimum Gasteiger partial charge on any atom is -0.353 e. The number of rotatable bonds is 6. The van der Waals surface area contributed by atoms with Crippen molar-refractivity contribution in [2.75, 3.05) is 31.1 Å². The zero-order chi connectivity index (χ0) is 28.6. The molecule has 3 heterocycles. The number of para-hydroxylation sites is 1. The number of benzene rings is 3. The Morgan fingerprint density at radius 1 is 0.756 bits per heavy atom. The summed E-state index contributed by atoms with van der Waals surface area (Å²) in [5, 5.41) is 5.81. The van der Waals surface area contributed by atoms with E-state index in [9.17, 15) is 13.2 Å².